The lowest BCUT2D eigenvalue weighted by Gasteiger charge is -2.29. The predicted molar refractivity (Wildman–Crippen MR) is 123 cm³/mol. The number of carbonyl (C=O) groups is 1. The smallest absolute Gasteiger partial charge is 0.254 e. The van der Waals surface area contributed by atoms with E-state index in [-0.39, 0.29) is 16.6 Å². The van der Waals surface area contributed by atoms with Crippen LogP contribution in [0.2, 0.25) is 0 Å². The summed E-state index contributed by atoms with van der Waals surface area (Å²) in [5, 5.41) is 0. The molecule has 1 saturated heterocycles. The molecule has 0 aromatic heterocycles. The molecule has 0 saturated carbocycles. The number of hydrogen-bond acceptors (Lipinski definition) is 4. The molecule has 1 aliphatic rings. The van der Waals surface area contributed by atoms with Crippen molar-refractivity contribution in [2.75, 3.05) is 40.3 Å². The molecule has 0 atom stereocenters. The average molecular weight is 462 g/mol. The van der Waals surface area contributed by atoms with E-state index in [0.29, 0.717) is 44.2 Å². The molecule has 0 unspecified atom stereocenters. The van der Waals surface area contributed by atoms with Crippen LogP contribution in [0.1, 0.15) is 35.7 Å². The summed E-state index contributed by atoms with van der Waals surface area (Å²) in [7, 11) is 0.308. The van der Waals surface area contributed by atoms with Crippen molar-refractivity contribution >= 4 is 15.9 Å². The highest BCUT2D eigenvalue weighted by atomic mass is 32.2. The molecule has 0 bridgehead atoms. The van der Waals surface area contributed by atoms with Gasteiger partial charge in [-0.2, -0.15) is 4.31 Å². The SMILES string of the molecule is CC1CCN(S(=O)(=O)c2ccc(C(=O)N(CCN(C)C)Cc3ccc(F)cc3)cc2)CC1. The largest absolute Gasteiger partial charge is 0.333 e. The molecule has 174 valence electrons. The Balaban J connectivity index is 1.76. The maximum absolute atomic E-state index is 13.2. The standard InChI is InChI=1S/C24H32FN3O3S/c1-19-12-14-28(15-13-19)32(30,31)23-10-6-21(7-11-23)24(29)27(17-16-26(2)3)18-20-4-8-22(25)9-5-20/h4-11,19H,12-18H2,1-3H3. The van der Waals surface area contributed by atoms with Crippen LogP contribution in [0.5, 0.6) is 0 Å². The molecule has 6 nitrogen and oxygen atoms in total. The summed E-state index contributed by atoms with van der Waals surface area (Å²) in [4.78, 5) is 17.1. The number of sulfonamides is 1. The molecule has 0 aliphatic carbocycles. The number of benzene rings is 2. The number of amides is 1. The van der Waals surface area contributed by atoms with Gasteiger partial charge in [-0.3, -0.25) is 4.79 Å². The highest BCUT2D eigenvalue weighted by molar-refractivity contribution is 7.89. The molecular weight excluding hydrogens is 429 g/mol. The fraction of sp³-hybridized carbons (Fsp3) is 0.458. The number of halogens is 1. The normalized spacial score (nSPS) is 15.8. The number of rotatable bonds is 8. The topological polar surface area (TPSA) is 60.9 Å². The van der Waals surface area contributed by atoms with E-state index < -0.39 is 10.0 Å². The first-order valence-electron chi connectivity index (χ1n) is 11.0. The fourth-order valence-electron chi connectivity index (χ4n) is 3.71. The van der Waals surface area contributed by atoms with Gasteiger partial charge in [0, 0.05) is 38.3 Å². The van der Waals surface area contributed by atoms with Crippen molar-refractivity contribution in [1.82, 2.24) is 14.1 Å². The minimum absolute atomic E-state index is 0.188. The molecule has 2 aromatic carbocycles. The molecule has 1 amide bonds. The Hall–Kier alpha value is -2.29. The maximum atomic E-state index is 13.2. The summed E-state index contributed by atoms with van der Waals surface area (Å²) >= 11 is 0. The van der Waals surface area contributed by atoms with Gasteiger partial charge in [0.15, 0.2) is 0 Å². The number of nitrogens with zero attached hydrogens (tertiary/aromatic N) is 3. The van der Waals surface area contributed by atoms with Crippen molar-refractivity contribution in [1.29, 1.82) is 0 Å². The van der Waals surface area contributed by atoms with Crippen LogP contribution in [-0.4, -0.2) is 68.7 Å². The Bertz CT molecular complexity index is 1000. The third kappa shape index (κ3) is 6.15. The van der Waals surface area contributed by atoms with E-state index in [2.05, 4.69) is 6.92 Å². The van der Waals surface area contributed by atoms with Crippen molar-refractivity contribution in [3.05, 3.63) is 65.5 Å². The van der Waals surface area contributed by atoms with Crippen LogP contribution < -0.4 is 0 Å². The van der Waals surface area contributed by atoms with E-state index >= 15 is 0 Å². The van der Waals surface area contributed by atoms with Crippen molar-refractivity contribution in [3.8, 4) is 0 Å². The molecular formula is C24H32FN3O3S. The molecule has 1 heterocycles. The van der Waals surface area contributed by atoms with E-state index in [9.17, 15) is 17.6 Å². The highest BCUT2D eigenvalue weighted by Crippen LogP contribution is 2.24. The second-order valence-corrected chi connectivity index (χ2v) is 10.7. The van der Waals surface area contributed by atoms with Crippen LogP contribution in [-0.2, 0) is 16.6 Å². The first-order valence-corrected chi connectivity index (χ1v) is 12.4. The second-order valence-electron chi connectivity index (χ2n) is 8.77. The summed E-state index contributed by atoms with van der Waals surface area (Å²) in [5.41, 5.74) is 1.26. The lowest BCUT2D eigenvalue weighted by molar-refractivity contribution is 0.0732. The first-order chi connectivity index (χ1) is 15.2. The molecule has 0 spiro atoms. The van der Waals surface area contributed by atoms with Gasteiger partial charge in [0.05, 0.1) is 4.90 Å². The van der Waals surface area contributed by atoms with Gasteiger partial charge in [0.1, 0.15) is 5.82 Å². The molecule has 8 heteroatoms. The summed E-state index contributed by atoms with van der Waals surface area (Å²) in [6, 6.07) is 12.3. The molecule has 2 aromatic rings. The molecule has 0 radical (unpaired) electrons. The Morgan fingerprint density at radius 3 is 2.16 bits per heavy atom. The van der Waals surface area contributed by atoms with Crippen LogP contribution in [0.15, 0.2) is 53.4 Å². The molecule has 1 fully saturated rings. The second kappa shape index (κ2) is 10.6. The van der Waals surface area contributed by atoms with Crippen molar-refractivity contribution in [3.63, 3.8) is 0 Å². The van der Waals surface area contributed by atoms with E-state index in [4.69, 9.17) is 0 Å². The van der Waals surface area contributed by atoms with Crippen LogP contribution in [0, 0.1) is 11.7 Å². The number of likely N-dealkylation sites (N-methyl/N-ethyl adjacent to an activating group) is 1. The summed E-state index contributed by atoms with van der Waals surface area (Å²) in [6.45, 7) is 4.71. The summed E-state index contributed by atoms with van der Waals surface area (Å²) in [5.74, 6) is 0.0301. The van der Waals surface area contributed by atoms with Crippen LogP contribution in [0.25, 0.3) is 0 Å². The van der Waals surface area contributed by atoms with Crippen LogP contribution in [0.4, 0.5) is 4.39 Å². The Morgan fingerprint density at radius 2 is 1.59 bits per heavy atom. The van der Waals surface area contributed by atoms with Gasteiger partial charge in [0.25, 0.3) is 5.91 Å². The highest BCUT2D eigenvalue weighted by Gasteiger charge is 2.28. The van der Waals surface area contributed by atoms with E-state index in [0.717, 1.165) is 18.4 Å². The predicted octanol–water partition coefficient (Wildman–Crippen LogP) is 3.45. The fourth-order valence-corrected chi connectivity index (χ4v) is 5.18. The van der Waals surface area contributed by atoms with Crippen LogP contribution >= 0.6 is 0 Å². The Kier molecular flexibility index (Phi) is 8.03. The van der Waals surface area contributed by atoms with Gasteiger partial charge in [0.2, 0.25) is 10.0 Å². The first kappa shape index (κ1) is 24.4. The zero-order valence-electron chi connectivity index (χ0n) is 19.0. The monoisotopic (exact) mass is 461 g/mol. The van der Waals surface area contributed by atoms with E-state index in [1.807, 2.05) is 19.0 Å². The molecule has 32 heavy (non-hydrogen) atoms. The van der Waals surface area contributed by atoms with Gasteiger partial charge in [-0.25, -0.2) is 12.8 Å². The zero-order chi connectivity index (χ0) is 23.3. The van der Waals surface area contributed by atoms with Crippen molar-refractivity contribution in [2.24, 2.45) is 5.92 Å². The third-order valence-corrected chi connectivity index (χ3v) is 7.79. The van der Waals surface area contributed by atoms with Crippen molar-refractivity contribution in [2.45, 2.75) is 31.2 Å². The number of carbonyl (C=O) groups excluding carboxylic acids is 1. The quantitative estimate of drug-likeness (QED) is 0.604. The minimum Gasteiger partial charge on any atom is -0.333 e. The van der Waals surface area contributed by atoms with Gasteiger partial charge >= 0.3 is 0 Å². The lowest BCUT2D eigenvalue weighted by atomic mass is 10.0. The van der Waals surface area contributed by atoms with Gasteiger partial charge in [-0.15, -0.1) is 0 Å². The molecule has 3 rings (SSSR count). The molecule has 1 aliphatic heterocycles. The van der Waals surface area contributed by atoms with Gasteiger partial charge < -0.3 is 9.80 Å². The maximum Gasteiger partial charge on any atom is 0.254 e. The molecule has 0 N–H and O–H groups in total. The Morgan fingerprint density at radius 1 is 1.00 bits per heavy atom. The minimum atomic E-state index is -3.56. The van der Waals surface area contributed by atoms with Crippen LogP contribution in [0.3, 0.4) is 0 Å². The number of hydrogen-bond donors (Lipinski definition) is 0. The number of piperidine rings is 1. The third-order valence-electron chi connectivity index (χ3n) is 5.87. The van der Waals surface area contributed by atoms with Gasteiger partial charge in [-0.05, 0) is 74.8 Å². The van der Waals surface area contributed by atoms with Gasteiger partial charge in [-0.1, -0.05) is 19.1 Å². The van der Waals surface area contributed by atoms with E-state index in [1.165, 1.54) is 28.6 Å². The average Bonchev–Trinajstić information content (AvgIpc) is 2.77. The lowest BCUT2D eigenvalue weighted by Crippen LogP contribution is -2.38. The van der Waals surface area contributed by atoms with Crippen molar-refractivity contribution < 1.29 is 17.6 Å². The zero-order valence-corrected chi connectivity index (χ0v) is 19.8. The summed E-state index contributed by atoms with van der Waals surface area (Å²) < 4.78 is 40.7. The Labute approximate surface area is 190 Å². The van der Waals surface area contributed by atoms with E-state index in [1.54, 1.807) is 29.2 Å². The summed E-state index contributed by atoms with van der Waals surface area (Å²) in [6.07, 6.45) is 1.72.